The van der Waals surface area contributed by atoms with Crippen molar-refractivity contribution in [1.82, 2.24) is 15.8 Å². The molecule has 1 aliphatic heterocycles. The van der Waals surface area contributed by atoms with Gasteiger partial charge in [0.05, 0.1) is 6.26 Å². The molecule has 0 amide bonds. The largest absolute Gasteiger partial charge is 0.467 e. The summed E-state index contributed by atoms with van der Waals surface area (Å²) in [5.74, 6) is 0.963. The Hall–Kier alpha value is -1.49. The monoisotopic (exact) mass is 291 g/mol. The SMILES string of the molecule is CCCNC(=S)N1NC2=C(CCCC2)C1c1ccco1. The number of rotatable bonds is 3. The molecule has 0 saturated carbocycles. The zero-order valence-electron chi connectivity index (χ0n) is 11.8. The molecule has 4 nitrogen and oxygen atoms in total. The van der Waals surface area contributed by atoms with Gasteiger partial charge in [-0.25, -0.2) is 5.01 Å². The molecular formula is C15H21N3OS. The first-order chi connectivity index (χ1) is 9.81. The van der Waals surface area contributed by atoms with Crippen molar-refractivity contribution in [3.05, 3.63) is 35.4 Å². The van der Waals surface area contributed by atoms with E-state index in [1.54, 1.807) is 6.26 Å². The van der Waals surface area contributed by atoms with E-state index in [4.69, 9.17) is 16.6 Å². The molecule has 1 atom stereocenters. The summed E-state index contributed by atoms with van der Waals surface area (Å²) in [4.78, 5) is 0. The Morgan fingerprint density at radius 1 is 1.50 bits per heavy atom. The van der Waals surface area contributed by atoms with Gasteiger partial charge < -0.3 is 9.73 Å². The molecule has 2 N–H and O–H groups in total. The Bertz CT molecular complexity index is 509. The van der Waals surface area contributed by atoms with Gasteiger partial charge in [-0.05, 0) is 62.0 Å². The molecule has 5 heteroatoms. The summed E-state index contributed by atoms with van der Waals surface area (Å²) in [6.07, 6.45) is 7.53. The Kier molecular flexibility index (Phi) is 3.96. The number of nitrogens with zero attached hydrogens (tertiary/aromatic N) is 1. The van der Waals surface area contributed by atoms with E-state index >= 15 is 0 Å². The number of nitrogens with one attached hydrogen (secondary N) is 2. The van der Waals surface area contributed by atoms with Crippen LogP contribution in [-0.4, -0.2) is 16.7 Å². The number of hydrogen-bond acceptors (Lipinski definition) is 3. The summed E-state index contributed by atoms with van der Waals surface area (Å²) in [5.41, 5.74) is 6.26. The molecule has 0 radical (unpaired) electrons. The first kappa shape index (κ1) is 13.5. The molecular weight excluding hydrogens is 270 g/mol. The normalized spacial score (nSPS) is 21.6. The molecule has 0 bridgehead atoms. The van der Waals surface area contributed by atoms with E-state index in [0.717, 1.165) is 36.7 Å². The molecule has 1 aromatic rings. The summed E-state index contributed by atoms with van der Waals surface area (Å²) < 4.78 is 5.65. The Morgan fingerprint density at radius 3 is 3.10 bits per heavy atom. The third kappa shape index (κ3) is 2.42. The maximum absolute atomic E-state index is 5.65. The fourth-order valence-electron chi connectivity index (χ4n) is 2.95. The highest BCUT2D eigenvalue weighted by Gasteiger charge is 2.37. The molecule has 0 aromatic carbocycles. The summed E-state index contributed by atoms with van der Waals surface area (Å²) in [6, 6.07) is 4.08. The second-order valence-electron chi connectivity index (χ2n) is 5.34. The van der Waals surface area contributed by atoms with Gasteiger partial charge in [-0.15, -0.1) is 0 Å². The zero-order chi connectivity index (χ0) is 13.9. The van der Waals surface area contributed by atoms with Crippen molar-refractivity contribution in [3.8, 4) is 0 Å². The molecule has 108 valence electrons. The van der Waals surface area contributed by atoms with E-state index in [-0.39, 0.29) is 6.04 Å². The summed E-state index contributed by atoms with van der Waals surface area (Å²) in [5, 5.41) is 6.11. The zero-order valence-corrected chi connectivity index (χ0v) is 12.6. The van der Waals surface area contributed by atoms with Crippen molar-refractivity contribution in [1.29, 1.82) is 0 Å². The molecule has 1 aromatic heterocycles. The van der Waals surface area contributed by atoms with Crippen LogP contribution in [0.15, 0.2) is 34.1 Å². The second kappa shape index (κ2) is 5.87. The topological polar surface area (TPSA) is 40.4 Å². The molecule has 1 aliphatic carbocycles. The number of hydrogen-bond donors (Lipinski definition) is 2. The summed E-state index contributed by atoms with van der Waals surface area (Å²) >= 11 is 5.54. The van der Waals surface area contributed by atoms with E-state index in [9.17, 15) is 0 Å². The van der Waals surface area contributed by atoms with E-state index in [1.807, 2.05) is 12.1 Å². The van der Waals surface area contributed by atoms with Crippen LogP contribution in [0.3, 0.4) is 0 Å². The van der Waals surface area contributed by atoms with Gasteiger partial charge in [0.15, 0.2) is 5.11 Å². The van der Waals surface area contributed by atoms with Crippen LogP contribution in [0.4, 0.5) is 0 Å². The van der Waals surface area contributed by atoms with Crippen molar-refractivity contribution < 1.29 is 4.42 Å². The lowest BCUT2D eigenvalue weighted by molar-refractivity contribution is 0.281. The van der Waals surface area contributed by atoms with Gasteiger partial charge >= 0.3 is 0 Å². The Morgan fingerprint density at radius 2 is 2.35 bits per heavy atom. The first-order valence-electron chi connectivity index (χ1n) is 7.40. The van der Waals surface area contributed by atoms with Crippen LogP contribution in [0.25, 0.3) is 0 Å². The molecule has 0 fully saturated rings. The lowest BCUT2D eigenvalue weighted by Crippen LogP contribution is -2.46. The Labute approximate surface area is 125 Å². The lowest BCUT2D eigenvalue weighted by Gasteiger charge is -2.27. The number of hydrazine groups is 1. The highest BCUT2D eigenvalue weighted by molar-refractivity contribution is 7.80. The van der Waals surface area contributed by atoms with E-state index in [0.29, 0.717) is 0 Å². The lowest BCUT2D eigenvalue weighted by atomic mass is 9.91. The minimum Gasteiger partial charge on any atom is -0.467 e. The van der Waals surface area contributed by atoms with Crippen molar-refractivity contribution in [2.24, 2.45) is 0 Å². The highest BCUT2D eigenvalue weighted by atomic mass is 32.1. The fraction of sp³-hybridized carbons (Fsp3) is 0.533. The van der Waals surface area contributed by atoms with Gasteiger partial charge in [0.25, 0.3) is 0 Å². The third-order valence-electron chi connectivity index (χ3n) is 3.91. The average molecular weight is 291 g/mol. The van der Waals surface area contributed by atoms with Gasteiger partial charge in [0, 0.05) is 12.2 Å². The van der Waals surface area contributed by atoms with Gasteiger partial charge in [0.2, 0.25) is 0 Å². The van der Waals surface area contributed by atoms with Crippen LogP contribution in [0.1, 0.15) is 50.8 Å². The smallest absolute Gasteiger partial charge is 0.188 e. The van der Waals surface area contributed by atoms with Crippen molar-refractivity contribution in [2.45, 2.75) is 45.1 Å². The standard InChI is InChI=1S/C15H21N3OS/c1-2-9-16-15(20)18-14(13-8-5-10-19-13)11-6-3-4-7-12(11)17-18/h5,8,10,14,17H,2-4,6-7,9H2,1H3,(H,16,20). The van der Waals surface area contributed by atoms with Crippen molar-refractivity contribution in [2.75, 3.05) is 6.54 Å². The molecule has 3 rings (SSSR count). The van der Waals surface area contributed by atoms with Crippen LogP contribution in [-0.2, 0) is 0 Å². The van der Waals surface area contributed by atoms with E-state index in [1.165, 1.54) is 24.1 Å². The van der Waals surface area contributed by atoms with Crippen molar-refractivity contribution in [3.63, 3.8) is 0 Å². The van der Waals surface area contributed by atoms with Crippen molar-refractivity contribution >= 4 is 17.3 Å². The predicted molar refractivity (Wildman–Crippen MR) is 82.8 cm³/mol. The van der Waals surface area contributed by atoms with Crippen LogP contribution < -0.4 is 10.7 Å². The third-order valence-corrected chi connectivity index (χ3v) is 4.25. The molecule has 0 saturated heterocycles. The van der Waals surface area contributed by atoms with Crippen LogP contribution in [0.5, 0.6) is 0 Å². The summed E-state index contributed by atoms with van der Waals surface area (Å²) in [6.45, 7) is 3.03. The molecule has 20 heavy (non-hydrogen) atoms. The van der Waals surface area contributed by atoms with E-state index in [2.05, 4.69) is 22.7 Å². The molecule has 0 spiro atoms. The minimum atomic E-state index is 0.108. The van der Waals surface area contributed by atoms with E-state index < -0.39 is 0 Å². The number of thiocarbonyl (C=S) groups is 1. The molecule has 2 heterocycles. The van der Waals surface area contributed by atoms with Crippen LogP contribution in [0, 0.1) is 0 Å². The van der Waals surface area contributed by atoms with Gasteiger partial charge in [0.1, 0.15) is 11.8 Å². The average Bonchev–Trinajstić information content (AvgIpc) is 3.10. The van der Waals surface area contributed by atoms with Crippen LogP contribution in [0.2, 0.25) is 0 Å². The van der Waals surface area contributed by atoms with Crippen LogP contribution >= 0.6 is 12.2 Å². The fourth-order valence-corrected chi connectivity index (χ4v) is 3.21. The first-order valence-corrected chi connectivity index (χ1v) is 7.81. The number of furan rings is 1. The second-order valence-corrected chi connectivity index (χ2v) is 5.73. The highest BCUT2D eigenvalue weighted by Crippen LogP contribution is 2.41. The summed E-state index contributed by atoms with van der Waals surface area (Å²) in [7, 11) is 0. The van der Waals surface area contributed by atoms with Gasteiger partial charge in [-0.1, -0.05) is 6.92 Å². The number of allylic oxidation sites excluding steroid dienone is 1. The predicted octanol–water partition coefficient (Wildman–Crippen LogP) is 3.25. The Balaban J connectivity index is 1.86. The maximum atomic E-state index is 5.65. The molecule has 1 unspecified atom stereocenters. The van der Waals surface area contributed by atoms with Gasteiger partial charge in [-0.3, -0.25) is 5.43 Å². The minimum absolute atomic E-state index is 0.108. The quantitative estimate of drug-likeness (QED) is 0.837. The molecule has 2 aliphatic rings. The maximum Gasteiger partial charge on any atom is 0.188 e. The van der Waals surface area contributed by atoms with Gasteiger partial charge in [-0.2, -0.15) is 0 Å².